The molecule has 4 rings (SSSR count). The average molecular weight is 425 g/mol. The van der Waals surface area contributed by atoms with Crippen molar-refractivity contribution in [3.05, 3.63) is 56.9 Å². The summed E-state index contributed by atoms with van der Waals surface area (Å²) in [6.45, 7) is 2.62. The van der Waals surface area contributed by atoms with Gasteiger partial charge in [-0.1, -0.05) is 17.4 Å². The van der Waals surface area contributed by atoms with Gasteiger partial charge >= 0.3 is 0 Å². The summed E-state index contributed by atoms with van der Waals surface area (Å²) in [5.41, 5.74) is 0.538. The first-order valence-electron chi connectivity index (χ1n) is 9.19. The lowest BCUT2D eigenvalue weighted by molar-refractivity contribution is 0.102. The molecular formula is C19H19N7O3S. The van der Waals surface area contributed by atoms with Crippen molar-refractivity contribution in [1.29, 1.82) is 5.41 Å². The Morgan fingerprint density at radius 3 is 2.90 bits per heavy atom. The second-order valence-electron chi connectivity index (χ2n) is 6.57. The normalized spacial score (nSPS) is 11.3. The van der Waals surface area contributed by atoms with Crippen LogP contribution in [0.1, 0.15) is 21.8 Å². The van der Waals surface area contributed by atoms with E-state index < -0.39 is 5.91 Å². The third-order valence-electron chi connectivity index (χ3n) is 4.54. The topological polar surface area (TPSA) is 127 Å². The Bertz CT molecular complexity index is 1370. The smallest absolute Gasteiger partial charge is 0.267 e. The Balaban J connectivity index is 1.91. The highest BCUT2D eigenvalue weighted by molar-refractivity contribution is 7.15. The predicted octanol–water partition coefficient (Wildman–Crippen LogP) is 1.58. The summed E-state index contributed by atoms with van der Waals surface area (Å²) in [6, 6.07) is 6.67. The maximum atomic E-state index is 13.1. The van der Waals surface area contributed by atoms with Gasteiger partial charge < -0.3 is 9.30 Å². The highest BCUT2D eigenvalue weighted by Crippen LogP contribution is 2.16. The average Bonchev–Trinajstić information content (AvgIpc) is 3.14. The molecule has 2 N–H and O–H groups in total. The Labute approximate surface area is 174 Å². The zero-order valence-electron chi connectivity index (χ0n) is 16.4. The van der Waals surface area contributed by atoms with Gasteiger partial charge in [0.1, 0.15) is 21.8 Å². The van der Waals surface area contributed by atoms with E-state index in [0.29, 0.717) is 41.0 Å². The Hall–Kier alpha value is -3.44. The molecule has 0 bridgehead atoms. The summed E-state index contributed by atoms with van der Waals surface area (Å²) >= 11 is 1.23. The number of methoxy groups -OCH3 is 1. The van der Waals surface area contributed by atoms with Crippen molar-refractivity contribution in [3.63, 3.8) is 0 Å². The molecule has 10 nitrogen and oxygen atoms in total. The zero-order valence-corrected chi connectivity index (χ0v) is 17.2. The summed E-state index contributed by atoms with van der Waals surface area (Å²) in [6.07, 6.45) is 2.22. The van der Waals surface area contributed by atoms with E-state index in [0.717, 1.165) is 0 Å². The number of amides is 1. The predicted molar refractivity (Wildman–Crippen MR) is 112 cm³/mol. The number of aryl methyl sites for hydroxylation is 2. The molecule has 0 aliphatic carbocycles. The fourth-order valence-corrected chi connectivity index (χ4v) is 3.74. The Morgan fingerprint density at radius 2 is 2.17 bits per heavy atom. The lowest BCUT2D eigenvalue weighted by Gasteiger charge is -2.14. The molecule has 0 unspecified atom stereocenters. The summed E-state index contributed by atoms with van der Waals surface area (Å²) < 4.78 is 8.10. The molecule has 1 amide bonds. The maximum absolute atomic E-state index is 13.1. The number of aromatic nitrogens is 5. The van der Waals surface area contributed by atoms with Crippen molar-refractivity contribution < 1.29 is 9.53 Å². The van der Waals surface area contributed by atoms with Gasteiger partial charge in [0.05, 0.1) is 10.9 Å². The first-order chi connectivity index (χ1) is 14.5. The SMILES string of the molecule is COCCCn1c(=N)c(C(=O)Nc2nnc(C)s2)cc2c(=O)n3ccccc3nc21. The minimum absolute atomic E-state index is 0.0375. The van der Waals surface area contributed by atoms with Gasteiger partial charge in [-0.15, -0.1) is 10.2 Å². The fourth-order valence-electron chi connectivity index (χ4n) is 3.16. The van der Waals surface area contributed by atoms with Crippen molar-refractivity contribution in [2.24, 2.45) is 0 Å². The van der Waals surface area contributed by atoms with Gasteiger partial charge in [0.2, 0.25) is 5.13 Å². The van der Waals surface area contributed by atoms with E-state index in [2.05, 4.69) is 20.5 Å². The van der Waals surface area contributed by atoms with Crippen molar-refractivity contribution >= 4 is 39.1 Å². The monoisotopic (exact) mass is 425 g/mol. The van der Waals surface area contributed by atoms with Gasteiger partial charge in [0.25, 0.3) is 11.5 Å². The van der Waals surface area contributed by atoms with E-state index in [1.807, 2.05) is 0 Å². The molecule has 0 saturated heterocycles. The second-order valence-corrected chi connectivity index (χ2v) is 7.75. The van der Waals surface area contributed by atoms with E-state index in [1.165, 1.54) is 21.8 Å². The van der Waals surface area contributed by atoms with Crippen molar-refractivity contribution in [2.45, 2.75) is 19.9 Å². The molecule has 4 aromatic rings. The van der Waals surface area contributed by atoms with E-state index in [4.69, 9.17) is 10.1 Å². The third kappa shape index (κ3) is 3.60. The van der Waals surface area contributed by atoms with Crippen LogP contribution in [0.3, 0.4) is 0 Å². The number of carbonyl (C=O) groups excluding carboxylic acids is 1. The van der Waals surface area contributed by atoms with Crippen molar-refractivity contribution in [1.82, 2.24) is 24.1 Å². The summed E-state index contributed by atoms with van der Waals surface area (Å²) in [4.78, 5) is 30.6. The number of ether oxygens (including phenoxy) is 1. The van der Waals surface area contributed by atoms with Crippen LogP contribution in [-0.2, 0) is 11.3 Å². The molecule has 154 valence electrons. The number of hydrogen-bond acceptors (Lipinski definition) is 8. The lowest BCUT2D eigenvalue weighted by Crippen LogP contribution is -2.32. The van der Waals surface area contributed by atoms with E-state index >= 15 is 0 Å². The zero-order chi connectivity index (χ0) is 21.3. The number of hydrogen-bond donors (Lipinski definition) is 2. The van der Waals surface area contributed by atoms with Crippen LogP contribution in [0.25, 0.3) is 16.7 Å². The van der Waals surface area contributed by atoms with Crippen molar-refractivity contribution in [3.8, 4) is 0 Å². The molecule has 0 aliphatic rings. The number of pyridine rings is 2. The number of rotatable bonds is 6. The van der Waals surface area contributed by atoms with Crippen LogP contribution in [0.5, 0.6) is 0 Å². The van der Waals surface area contributed by atoms with Crippen LogP contribution in [0.2, 0.25) is 0 Å². The molecule has 4 heterocycles. The number of nitrogens with one attached hydrogen (secondary N) is 2. The van der Waals surface area contributed by atoms with Gasteiger partial charge in [-0.25, -0.2) is 4.98 Å². The van der Waals surface area contributed by atoms with Crippen LogP contribution < -0.4 is 16.4 Å². The Morgan fingerprint density at radius 1 is 1.33 bits per heavy atom. The van der Waals surface area contributed by atoms with E-state index in [1.54, 1.807) is 43.0 Å². The van der Waals surface area contributed by atoms with Gasteiger partial charge in [-0.2, -0.15) is 0 Å². The van der Waals surface area contributed by atoms with Crippen LogP contribution >= 0.6 is 11.3 Å². The lowest BCUT2D eigenvalue weighted by atomic mass is 10.2. The molecule has 4 aromatic heterocycles. The fraction of sp³-hybridized carbons (Fsp3) is 0.263. The van der Waals surface area contributed by atoms with Gasteiger partial charge in [0.15, 0.2) is 0 Å². The van der Waals surface area contributed by atoms with Crippen LogP contribution in [0, 0.1) is 12.3 Å². The molecule has 11 heteroatoms. The summed E-state index contributed by atoms with van der Waals surface area (Å²) in [7, 11) is 1.59. The Kier molecular flexibility index (Phi) is 5.38. The number of carbonyl (C=O) groups is 1. The molecule has 30 heavy (non-hydrogen) atoms. The third-order valence-corrected chi connectivity index (χ3v) is 5.29. The highest BCUT2D eigenvalue weighted by atomic mass is 32.1. The molecular weight excluding hydrogens is 406 g/mol. The molecule has 0 spiro atoms. The standard InChI is InChI=1S/C19H19N7O3S/c1-11-23-24-19(30-11)22-17(27)12-10-13-16(26(15(12)20)8-5-9-29-2)21-14-6-3-4-7-25(14)18(13)28/h3-4,6-7,10,20H,5,8-9H2,1-2H3,(H,22,24,27). The first kappa shape index (κ1) is 19.9. The summed E-state index contributed by atoms with van der Waals surface area (Å²) in [5.74, 6) is -0.531. The quantitative estimate of drug-likeness (QED) is 0.357. The van der Waals surface area contributed by atoms with Gasteiger partial charge in [-0.05, 0) is 31.5 Å². The minimum atomic E-state index is -0.531. The van der Waals surface area contributed by atoms with Crippen LogP contribution in [0.15, 0.2) is 35.3 Å². The molecule has 0 fully saturated rings. The number of fused-ring (bicyclic) bond motifs is 2. The molecule has 0 aliphatic heterocycles. The van der Waals surface area contributed by atoms with Crippen LogP contribution in [0.4, 0.5) is 5.13 Å². The van der Waals surface area contributed by atoms with Crippen molar-refractivity contribution in [2.75, 3.05) is 19.0 Å². The first-order valence-corrected chi connectivity index (χ1v) is 10.0. The molecule has 0 radical (unpaired) electrons. The van der Waals surface area contributed by atoms with Gasteiger partial charge in [0, 0.05) is 26.5 Å². The van der Waals surface area contributed by atoms with E-state index in [9.17, 15) is 9.59 Å². The van der Waals surface area contributed by atoms with Crippen LogP contribution in [-0.4, -0.2) is 43.8 Å². The molecule has 0 aromatic carbocycles. The second kappa shape index (κ2) is 8.13. The number of anilines is 1. The minimum Gasteiger partial charge on any atom is -0.385 e. The van der Waals surface area contributed by atoms with E-state index in [-0.39, 0.29) is 22.0 Å². The van der Waals surface area contributed by atoms with Gasteiger partial charge in [-0.3, -0.25) is 24.7 Å². The molecule has 0 saturated carbocycles. The largest absolute Gasteiger partial charge is 0.385 e. The maximum Gasteiger partial charge on any atom is 0.267 e. The number of nitrogens with zero attached hydrogens (tertiary/aromatic N) is 5. The highest BCUT2D eigenvalue weighted by Gasteiger charge is 2.18. The molecule has 0 atom stereocenters. The summed E-state index contributed by atoms with van der Waals surface area (Å²) in [5, 5.41) is 20.3.